The number of pyridine rings is 2. The molecule has 4 heterocycles. The van der Waals surface area contributed by atoms with Crippen LogP contribution in [0.2, 0.25) is 5.02 Å². The minimum atomic E-state index is -2.85. The summed E-state index contributed by atoms with van der Waals surface area (Å²) in [7, 11) is 0. The van der Waals surface area contributed by atoms with E-state index in [0.29, 0.717) is 22.4 Å². The van der Waals surface area contributed by atoms with E-state index in [2.05, 4.69) is 25.3 Å². The Morgan fingerprint density at radius 3 is 2.72 bits per heavy atom. The lowest BCUT2D eigenvalue weighted by Crippen LogP contribution is -2.52. The highest BCUT2D eigenvalue weighted by Crippen LogP contribution is 2.33. The molecule has 10 heteroatoms. The van der Waals surface area contributed by atoms with Crippen molar-refractivity contribution in [2.24, 2.45) is 0 Å². The molecule has 3 aromatic rings. The first-order chi connectivity index (χ1) is 15.3. The Hall–Kier alpha value is -3.20. The van der Waals surface area contributed by atoms with Gasteiger partial charge in [0.05, 0.1) is 16.6 Å². The van der Waals surface area contributed by atoms with Crippen LogP contribution in [0, 0.1) is 6.92 Å². The number of hydrogen-bond donors (Lipinski definition) is 1. The van der Waals surface area contributed by atoms with Gasteiger partial charge in [-0.2, -0.15) is 0 Å². The number of rotatable bonds is 5. The second-order valence-corrected chi connectivity index (χ2v) is 8.12. The maximum absolute atomic E-state index is 14.2. The number of aromatic nitrogens is 4. The lowest BCUT2D eigenvalue weighted by Gasteiger charge is -2.39. The number of aryl methyl sites for hydroxylation is 1. The van der Waals surface area contributed by atoms with Crippen LogP contribution in [0.3, 0.4) is 0 Å². The molecule has 1 saturated heterocycles. The number of anilines is 1. The van der Waals surface area contributed by atoms with Gasteiger partial charge >= 0.3 is 0 Å². The van der Waals surface area contributed by atoms with Crippen LogP contribution >= 0.6 is 11.6 Å². The van der Waals surface area contributed by atoms with Crippen molar-refractivity contribution in [3.8, 4) is 11.5 Å². The van der Waals surface area contributed by atoms with E-state index < -0.39 is 24.8 Å². The molecule has 0 aliphatic carbocycles. The molecule has 1 amide bonds. The summed E-state index contributed by atoms with van der Waals surface area (Å²) in [4.78, 5) is 31.9. The van der Waals surface area contributed by atoms with Gasteiger partial charge in [0.15, 0.2) is 5.82 Å². The second-order valence-electron chi connectivity index (χ2n) is 7.69. The quantitative estimate of drug-likeness (QED) is 0.615. The fraction of sp³-hybridized carbons (Fsp3) is 0.318. The third-order valence-corrected chi connectivity index (χ3v) is 5.46. The van der Waals surface area contributed by atoms with Gasteiger partial charge in [-0.05, 0) is 36.8 Å². The number of alkyl halides is 2. The van der Waals surface area contributed by atoms with Crippen LogP contribution in [0.5, 0.6) is 0 Å². The molecule has 0 spiro atoms. The van der Waals surface area contributed by atoms with Crippen LogP contribution < -0.4 is 5.32 Å². The number of amides is 1. The average Bonchev–Trinajstić information content (AvgIpc) is 2.78. The maximum Gasteiger partial charge on any atom is 0.256 e. The number of nitrogens with zero attached hydrogens (tertiary/aromatic N) is 5. The van der Waals surface area contributed by atoms with E-state index in [1.165, 1.54) is 11.1 Å². The van der Waals surface area contributed by atoms with E-state index in [-0.39, 0.29) is 24.6 Å². The summed E-state index contributed by atoms with van der Waals surface area (Å²) in [6, 6.07) is 5.93. The first kappa shape index (κ1) is 22.0. The van der Waals surface area contributed by atoms with Gasteiger partial charge in [0.25, 0.3) is 11.8 Å². The van der Waals surface area contributed by atoms with Gasteiger partial charge in [0, 0.05) is 50.7 Å². The topological polar surface area (TPSA) is 83.9 Å². The van der Waals surface area contributed by atoms with Gasteiger partial charge in [-0.25, -0.2) is 23.7 Å². The highest BCUT2D eigenvalue weighted by atomic mass is 35.5. The summed E-state index contributed by atoms with van der Waals surface area (Å²) in [6.07, 6.45) is 5.36. The Morgan fingerprint density at radius 2 is 2.00 bits per heavy atom. The first-order valence-electron chi connectivity index (χ1n) is 10.1. The molecule has 1 atom stereocenters. The first-order valence-corrected chi connectivity index (χ1v) is 10.5. The molecule has 1 fully saturated rings. The summed E-state index contributed by atoms with van der Waals surface area (Å²) in [5.74, 6) is -2.44. The molecule has 0 bridgehead atoms. The van der Waals surface area contributed by atoms with Gasteiger partial charge < -0.3 is 10.2 Å². The number of halogens is 3. The molecule has 0 unspecified atom stereocenters. The Kier molecular flexibility index (Phi) is 6.27. The molecular weight excluding hydrogens is 438 g/mol. The molecule has 7 nitrogen and oxygen atoms in total. The summed E-state index contributed by atoms with van der Waals surface area (Å²) in [5, 5.41) is 3.51. The van der Waals surface area contributed by atoms with E-state index >= 15 is 0 Å². The van der Waals surface area contributed by atoms with E-state index in [0.717, 1.165) is 5.56 Å². The van der Waals surface area contributed by atoms with Crippen LogP contribution in [0.15, 0.2) is 49.1 Å². The van der Waals surface area contributed by atoms with E-state index in [1.807, 2.05) is 6.92 Å². The van der Waals surface area contributed by atoms with Crippen molar-refractivity contribution in [2.75, 3.05) is 18.4 Å². The van der Waals surface area contributed by atoms with Gasteiger partial charge in [-0.3, -0.25) is 9.78 Å². The minimum absolute atomic E-state index is 0.0742. The lowest BCUT2D eigenvalue weighted by molar-refractivity contribution is -0.0674. The number of carbonyl (C=O) groups excluding carboxylic acids is 1. The smallest absolute Gasteiger partial charge is 0.256 e. The predicted molar refractivity (Wildman–Crippen MR) is 117 cm³/mol. The minimum Gasteiger partial charge on any atom is -0.368 e. The third kappa shape index (κ3) is 4.99. The molecule has 1 aliphatic heterocycles. The zero-order chi connectivity index (χ0) is 22.7. The molecule has 1 N–H and O–H groups in total. The van der Waals surface area contributed by atoms with Gasteiger partial charge in [-0.1, -0.05) is 11.6 Å². The molecule has 0 saturated carbocycles. The zero-order valence-corrected chi connectivity index (χ0v) is 18.1. The third-order valence-electron chi connectivity index (χ3n) is 5.23. The van der Waals surface area contributed by atoms with Gasteiger partial charge in [-0.15, -0.1) is 0 Å². The van der Waals surface area contributed by atoms with Crippen molar-refractivity contribution < 1.29 is 13.6 Å². The maximum atomic E-state index is 14.2. The van der Waals surface area contributed by atoms with Crippen LogP contribution in [0.4, 0.5) is 14.6 Å². The van der Waals surface area contributed by atoms with Crippen LogP contribution in [-0.4, -0.2) is 55.8 Å². The summed E-state index contributed by atoms with van der Waals surface area (Å²) in [6.45, 7) is 1.86. The zero-order valence-electron chi connectivity index (χ0n) is 17.3. The Morgan fingerprint density at radius 1 is 1.22 bits per heavy atom. The van der Waals surface area contributed by atoms with Crippen molar-refractivity contribution in [1.82, 2.24) is 24.8 Å². The van der Waals surface area contributed by atoms with Gasteiger partial charge in [0.2, 0.25) is 0 Å². The summed E-state index contributed by atoms with van der Waals surface area (Å²) in [5.41, 5.74) is 1.39. The van der Waals surface area contributed by atoms with Gasteiger partial charge in [0.1, 0.15) is 11.5 Å². The molecule has 0 radical (unpaired) electrons. The molecule has 4 rings (SSSR count). The van der Waals surface area contributed by atoms with Crippen LogP contribution in [0.1, 0.15) is 28.8 Å². The highest BCUT2D eigenvalue weighted by Gasteiger charge is 2.42. The molecule has 166 valence electrons. The van der Waals surface area contributed by atoms with Crippen molar-refractivity contribution in [2.45, 2.75) is 31.7 Å². The molecule has 0 aromatic carbocycles. The summed E-state index contributed by atoms with van der Waals surface area (Å²) >= 11 is 5.85. The van der Waals surface area contributed by atoms with Crippen molar-refractivity contribution in [3.63, 3.8) is 0 Å². The number of likely N-dealkylation sites (tertiary alicyclic amines) is 1. The van der Waals surface area contributed by atoms with E-state index in [4.69, 9.17) is 11.6 Å². The molecule has 32 heavy (non-hydrogen) atoms. The van der Waals surface area contributed by atoms with Crippen LogP contribution in [-0.2, 0) is 0 Å². The monoisotopic (exact) mass is 458 g/mol. The lowest BCUT2D eigenvalue weighted by atomic mass is 9.96. The SMILES string of the molecule is Cc1cnc(-c2ncccn2)c(C(=O)N2CCC(F)(F)C[C@H]2CNc2ccc(Cl)cn2)c1. The fourth-order valence-electron chi connectivity index (χ4n) is 3.66. The Bertz CT molecular complexity index is 1100. The second kappa shape index (κ2) is 9.12. The Labute approximate surface area is 188 Å². The van der Waals surface area contributed by atoms with Crippen molar-refractivity contribution in [3.05, 3.63) is 65.2 Å². The van der Waals surface area contributed by atoms with Crippen LogP contribution in [0.25, 0.3) is 11.5 Å². The largest absolute Gasteiger partial charge is 0.368 e. The number of nitrogens with one attached hydrogen (secondary N) is 1. The van der Waals surface area contributed by atoms with Crippen molar-refractivity contribution in [1.29, 1.82) is 0 Å². The highest BCUT2D eigenvalue weighted by molar-refractivity contribution is 6.30. The number of carbonyl (C=O) groups is 1. The number of hydrogen-bond acceptors (Lipinski definition) is 6. The normalized spacial score (nSPS) is 17.8. The van der Waals surface area contributed by atoms with E-state index in [1.54, 1.807) is 42.9 Å². The molecule has 3 aromatic heterocycles. The standard InChI is InChI=1S/C22H21ClF2N6O/c1-14-9-17(19(30-11-14)20-26-6-2-7-27-20)21(32)31-8-5-22(24,25)10-16(31)13-29-18-4-3-15(23)12-28-18/h2-4,6-7,9,11-12,16H,5,8,10,13H2,1H3,(H,28,29)/t16-/m0/s1. The van der Waals surface area contributed by atoms with Crippen molar-refractivity contribution >= 4 is 23.3 Å². The van der Waals surface area contributed by atoms with E-state index in [9.17, 15) is 13.6 Å². The summed E-state index contributed by atoms with van der Waals surface area (Å²) < 4.78 is 28.5. The Balaban J connectivity index is 1.62. The average molecular weight is 459 g/mol. The number of piperidine rings is 1. The fourth-order valence-corrected chi connectivity index (χ4v) is 3.77. The predicted octanol–water partition coefficient (Wildman–Crippen LogP) is 4.25. The molecular formula is C22H21ClF2N6O. The molecule has 1 aliphatic rings.